The summed E-state index contributed by atoms with van der Waals surface area (Å²) in [7, 11) is 1.59. The highest BCUT2D eigenvalue weighted by molar-refractivity contribution is 5.77. The molecule has 0 aromatic heterocycles. The average molecular weight is 362 g/mol. The molecule has 2 heterocycles. The van der Waals surface area contributed by atoms with Crippen LogP contribution in [0.1, 0.15) is 25.7 Å². The Balaban J connectivity index is 1.39. The Kier molecular flexibility index (Phi) is 7.14. The molecule has 0 spiro atoms. The number of carbonyl (C=O) groups excluding carboxylic acids is 1. The summed E-state index contributed by atoms with van der Waals surface area (Å²) in [4.78, 5) is 14.7. The molecule has 144 valence electrons. The lowest BCUT2D eigenvalue weighted by molar-refractivity contribution is -0.123. The number of nitrogens with zero attached hydrogens (tertiary/aromatic N) is 1. The molecule has 26 heavy (non-hydrogen) atoms. The highest BCUT2D eigenvalue weighted by Crippen LogP contribution is 2.25. The molecule has 2 aliphatic heterocycles. The van der Waals surface area contributed by atoms with Crippen molar-refractivity contribution < 1.29 is 19.0 Å². The quantitative estimate of drug-likeness (QED) is 0.805. The topological polar surface area (TPSA) is 60.0 Å². The van der Waals surface area contributed by atoms with Crippen LogP contribution in [-0.4, -0.2) is 63.4 Å². The van der Waals surface area contributed by atoms with E-state index in [1.54, 1.807) is 13.2 Å². The van der Waals surface area contributed by atoms with Gasteiger partial charge in [0.25, 0.3) is 5.91 Å². The summed E-state index contributed by atoms with van der Waals surface area (Å²) in [5.74, 6) is 1.66. The largest absolute Gasteiger partial charge is 0.493 e. The molecular weight excluding hydrogens is 332 g/mol. The molecule has 1 amide bonds. The van der Waals surface area contributed by atoms with Gasteiger partial charge in [-0.15, -0.1) is 0 Å². The Hall–Kier alpha value is -1.79. The first-order valence-corrected chi connectivity index (χ1v) is 9.60. The van der Waals surface area contributed by atoms with E-state index < -0.39 is 0 Å². The Bertz CT molecular complexity index is 575. The van der Waals surface area contributed by atoms with E-state index in [0.29, 0.717) is 30.0 Å². The summed E-state index contributed by atoms with van der Waals surface area (Å²) < 4.78 is 16.3. The Morgan fingerprint density at radius 1 is 1.23 bits per heavy atom. The molecule has 1 aromatic rings. The summed E-state index contributed by atoms with van der Waals surface area (Å²) >= 11 is 0. The Morgan fingerprint density at radius 3 is 2.77 bits per heavy atom. The molecule has 2 fully saturated rings. The molecule has 1 atom stereocenters. The zero-order chi connectivity index (χ0) is 18.2. The fraction of sp³-hybridized carbons (Fsp3) is 0.650. The third-order valence-electron chi connectivity index (χ3n) is 5.27. The number of amides is 1. The van der Waals surface area contributed by atoms with Crippen LogP contribution in [0.3, 0.4) is 0 Å². The van der Waals surface area contributed by atoms with Gasteiger partial charge in [0, 0.05) is 32.3 Å². The minimum Gasteiger partial charge on any atom is -0.493 e. The van der Waals surface area contributed by atoms with Crippen LogP contribution in [-0.2, 0) is 9.53 Å². The second-order valence-corrected chi connectivity index (χ2v) is 7.09. The number of para-hydroxylation sites is 2. The van der Waals surface area contributed by atoms with E-state index in [1.807, 2.05) is 18.2 Å². The van der Waals surface area contributed by atoms with Crippen LogP contribution in [0.15, 0.2) is 24.3 Å². The molecule has 0 unspecified atom stereocenters. The summed E-state index contributed by atoms with van der Waals surface area (Å²) in [6, 6.07) is 8.01. The second kappa shape index (κ2) is 9.78. The normalized spacial score (nSPS) is 22.0. The number of nitrogens with one attached hydrogen (secondary N) is 1. The smallest absolute Gasteiger partial charge is 0.257 e. The maximum atomic E-state index is 12.1. The molecule has 6 heteroatoms. The third-order valence-corrected chi connectivity index (χ3v) is 5.27. The standard InChI is InChI=1S/C20H30N2O4/c1-24-18-6-2-3-7-19(18)26-15-20(23)21-13-16-5-4-10-22(14-16)17-8-11-25-12-9-17/h2-3,6-7,16-17H,4-5,8-15H2,1H3,(H,21,23)/t16-/m1/s1. The van der Waals surface area contributed by atoms with Gasteiger partial charge in [0.05, 0.1) is 7.11 Å². The van der Waals surface area contributed by atoms with Crippen LogP contribution in [0.5, 0.6) is 11.5 Å². The molecule has 1 aromatic carbocycles. The molecule has 0 radical (unpaired) electrons. The lowest BCUT2D eigenvalue weighted by Crippen LogP contribution is -2.47. The predicted molar refractivity (Wildman–Crippen MR) is 99.6 cm³/mol. The number of ether oxygens (including phenoxy) is 3. The van der Waals surface area contributed by atoms with Gasteiger partial charge in [-0.25, -0.2) is 0 Å². The van der Waals surface area contributed by atoms with Crippen LogP contribution >= 0.6 is 0 Å². The van der Waals surface area contributed by atoms with Crippen molar-refractivity contribution in [1.82, 2.24) is 10.2 Å². The molecule has 0 bridgehead atoms. The molecule has 3 rings (SSSR count). The van der Waals surface area contributed by atoms with Crippen LogP contribution in [0.25, 0.3) is 0 Å². The zero-order valence-corrected chi connectivity index (χ0v) is 15.6. The van der Waals surface area contributed by atoms with Gasteiger partial charge < -0.3 is 19.5 Å². The minimum absolute atomic E-state index is 0.0107. The van der Waals surface area contributed by atoms with E-state index in [1.165, 1.54) is 19.4 Å². The third kappa shape index (κ3) is 5.35. The van der Waals surface area contributed by atoms with E-state index in [9.17, 15) is 4.79 Å². The van der Waals surface area contributed by atoms with Gasteiger partial charge in [0.15, 0.2) is 18.1 Å². The van der Waals surface area contributed by atoms with Crippen LogP contribution in [0, 0.1) is 5.92 Å². The molecular formula is C20H30N2O4. The van der Waals surface area contributed by atoms with Crippen LogP contribution < -0.4 is 14.8 Å². The number of rotatable bonds is 7. The fourth-order valence-corrected chi connectivity index (χ4v) is 3.84. The number of hydrogen-bond donors (Lipinski definition) is 1. The van der Waals surface area contributed by atoms with Gasteiger partial charge in [-0.1, -0.05) is 12.1 Å². The van der Waals surface area contributed by atoms with E-state index in [0.717, 1.165) is 32.6 Å². The molecule has 2 aliphatic rings. The number of methoxy groups -OCH3 is 1. The molecule has 2 saturated heterocycles. The van der Waals surface area contributed by atoms with Gasteiger partial charge in [0.2, 0.25) is 0 Å². The fourth-order valence-electron chi connectivity index (χ4n) is 3.84. The Morgan fingerprint density at radius 2 is 2.00 bits per heavy atom. The van der Waals surface area contributed by atoms with Crippen molar-refractivity contribution in [2.45, 2.75) is 31.7 Å². The predicted octanol–water partition coefficient (Wildman–Crippen LogP) is 2.08. The zero-order valence-electron chi connectivity index (χ0n) is 15.6. The Labute approximate surface area is 155 Å². The maximum absolute atomic E-state index is 12.1. The molecule has 1 N–H and O–H groups in total. The van der Waals surface area contributed by atoms with Crippen molar-refractivity contribution in [2.75, 3.05) is 46.6 Å². The highest BCUT2D eigenvalue weighted by Gasteiger charge is 2.27. The molecule has 6 nitrogen and oxygen atoms in total. The number of benzene rings is 1. The van der Waals surface area contributed by atoms with Crippen molar-refractivity contribution in [2.24, 2.45) is 5.92 Å². The maximum Gasteiger partial charge on any atom is 0.257 e. The lowest BCUT2D eigenvalue weighted by atomic mass is 9.95. The molecule has 0 saturated carbocycles. The summed E-state index contributed by atoms with van der Waals surface area (Å²) in [5, 5.41) is 3.03. The minimum atomic E-state index is -0.0842. The highest BCUT2D eigenvalue weighted by atomic mass is 16.5. The van der Waals surface area contributed by atoms with Crippen molar-refractivity contribution in [3.63, 3.8) is 0 Å². The summed E-state index contributed by atoms with van der Waals surface area (Å²) in [6.07, 6.45) is 4.64. The first kappa shape index (κ1) is 19.0. The van der Waals surface area contributed by atoms with Gasteiger partial charge >= 0.3 is 0 Å². The average Bonchev–Trinajstić information content (AvgIpc) is 2.71. The number of likely N-dealkylation sites (tertiary alicyclic amines) is 1. The van der Waals surface area contributed by atoms with Crippen molar-refractivity contribution >= 4 is 5.91 Å². The van der Waals surface area contributed by atoms with Crippen molar-refractivity contribution in [1.29, 1.82) is 0 Å². The van der Waals surface area contributed by atoms with Crippen LogP contribution in [0.2, 0.25) is 0 Å². The van der Waals surface area contributed by atoms with E-state index in [2.05, 4.69) is 10.2 Å². The van der Waals surface area contributed by atoms with E-state index in [-0.39, 0.29) is 12.5 Å². The molecule has 0 aliphatic carbocycles. The summed E-state index contributed by atoms with van der Waals surface area (Å²) in [6.45, 7) is 4.72. The lowest BCUT2D eigenvalue weighted by Gasteiger charge is -2.40. The second-order valence-electron chi connectivity index (χ2n) is 7.09. The van der Waals surface area contributed by atoms with Crippen molar-refractivity contribution in [3.8, 4) is 11.5 Å². The van der Waals surface area contributed by atoms with Crippen molar-refractivity contribution in [3.05, 3.63) is 24.3 Å². The first-order chi connectivity index (χ1) is 12.8. The van der Waals surface area contributed by atoms with E-state index >= 15 is 0 Å². The number of piperidine rings is 1. The van der Waals surface area contributed by atoms with Gasteiger partial charge in [-0.05, 0) is 50.3 Å². The summed E-state index contributed by atoms with van der Waals surface area (Å²) in [5.41, 5.74) is 0. The van der Waals surface area contributed by atoms with E-state index in [4.69, 9.17) is 14.2 Å². The number of carbonyl (C=O) groups is 1. The van der Waals surface area contributed by atoms with Gasteiger partial charge in [0.1, 0.15) is 0 Å². The van der Waals surface area contributed by atoms with Gasteiger partial charge in [-0.3, -0.25) is 9.69 Å². The SMILES string of the molecule is COc1ccccc1OCC(=O)NC[C@H]1CCCN(C2CCOCC2)C1. The van der Waals surface area contributed by atoms with Crippen LogP contribution in [0.4, 0.5) is 0 Å². The monoisotopic (exact) mass is 362 g/mol. The number of hydrogen-bond acceptors (Lipinski definition) is 5. The van der Waals surface area contributed by atoms with Gasteiger partial charge in [-0.2, -0.15) is 0 Å². The first-order valence-electron chi connectivity index (χ1n) is 9.60.